The lowest BCUT2D eigenvalue weighted by Crippen LogP contribution is -2.08. The maximum absolute atomic E-state index is 5.65. The first kappa shape index (κ1) is 10.9. The molecule has 0 atom stereocenters. The predicted molar refractivity (Wildman–Crippen MR) is 68.7 cm³/mol. The number of rotatable bonds is 2. The minimum absolute atomic E-state index is 0.497. The van der Waals surface area contributed by atoms with E-state index in [1.165, 1.54) is 11.1 Å². The first-order valence-corrected chi connectivity index (χ1v) is 5.39. The van der Waals surface area contributed by atoms with Crippen molar-refractivity contribution in [1.82, 2.24) is 4.98 Å². The van der Waals surface area contributed by atoms with Gasteiger partial charge in [-0.05, 0) is 36.8 Å². The molecule has 0 amide bonds. The normalized spacial score (nSPS) is 10.8. The molecule has 1 heterocycles. The highest BCUT2D eigenvalue weighted by atomic mass is 15.1. The molecule has 0 radical (unpaired) electrons. The average molecular weight is 215 g/mol. The molecule has 2 aromatic rings. The molecule has 84 valence electrons. The third-order valence-electron chi connectivity index (χ3n) is 2.80. The van der Waals surface area contributed by atoms with Crippen LogP contribution in [0.15, 0.2) is 24.3 Å². The second-order valence-electron chi connectivity index (χ2n) is 4.23. The zero-order chi connectivity index (χ0) is 11.7. The van der Waals surface area contributed by atoms with Crippen molar-refractivity contribution >= 4 is 16.6 Å². The van der Waals surface area contributed by atoms with E-state index in [1.807, 2.05) is 20.2 Å². The topological polar surface area (TPSA) is 42.2 Å². The summed E-state index contributed by atoms with van der Waals surface area (Å²) in [6.45, 7) is 2.55. The van der Waals surface area contributed by atoms with Crippen molar-refractivity contribution in [1.29, 1.82) is 0 Å². The van der Waals surface area contributed by atoms with Crippen LogP contribution in [0.1, 0.15) is 11.3 Å². The van der Waals surface area contributed by atoms with Gasteiger partial charge in [-0.2, -0.15) is 0 Å². The summed E-state index contributed by atoms with van der Waals surface area (Å²) in [5.41, 5.74) is 9.98. The highest BCUT2D eigenvalue weighted by Gasteiger charge is 2.03. The molecule has 2 rings (SSSR count). The lowest BCUT2D eigenvalue weighted by molar-refractivity contribution is 0.985. The van der Waals surface area contributed by atoms with Gasteiger partial charge in [0.25, 0.3) is 0 Å². The number of fused-ring (bicyclic) bond motifs is 1. The number of hydrogen-bond acceptors (Lipinski definition) is 3. The van der Waals surface area contributed by atoms with Crippen LogP contribution in [0.25, 0.3) is 10.9 Å². The molecular weight excluding hydrogens is 198 g/mol. The number of benzene rings is 1. The van der Waals surface area contributed by atoms with Crippen LogP contribution in [-0.4, -0.2) is 19.1 Å². The molecule has 0 bridgehead atoms. The van der Waals surface area contributed by atoms with E-state index in [2.05, 4.69) is 35.0 Å². The molecule has 1 aromatic heterocycles. The highest BCUT2D eigenvalue weighted by molar-refractivity contribution is 5.83. The maximum atomic E-state index is 5.65. The van der Waals surface area contributed by atoms with E-state index in [4.69, 9.17) is 5.73 Å². The number of hydrogen-bond donors (Lipinski definition) is 1. The van der Waals surface area contributed by atoms with Crippen molar-refractivity contribution in [3.05, 3.63) is 35.5 Å². The average Bonchev–Trinajstić information content (AvgIpc) is 2.27. The fourth-order valence-corrected chi connectivity index (χ4v) is 1.79. The SMILES string of the molecule is Cc1cc2cc(N(C)C)ccc2nc1CN. The smallest absolute Gasteiger partial charge is 0.0707 e. The van der Waals surface area contributed by atoms with Crippen LogP contribution in [-0.2, 0) is 6.54 Å². The van der Waals surface area contributed by atoms with Gasteiger partial charge in [0.2, 0.25) is 0 Å². The van der Waals surface area contributed by atoms with E-state index < -0.39 is 0 Å². The predicted octanol–water partition coefficient (Wildman–Crippen LogP) is 2.07. The van der Waals surface area contributed by atoms with E-state index in [9.17, 15) is 0 Å². The first-order valence-electron chi connectivity index (χ1n) is 5.39. The maximum Gasteiger partial charge on any atom is 0.0707 e. The lowest BCUT2D eigenvalue weighted by atomic mass is 10.1. The number of aromatic nitrogens is 1. The van der Waals surface area contributed by atoms with Crippen LogP contribution in [0.2, 0.25) is 0 Å². The highest BCUT2D eigenvalue weighted by Crippen LogP contribution is 2.21. The molecule has 0 aliphatic heterocycles. The summed E-state index contributed by atoms with van der Waals surface area (Å²) in [4.78, 5) is 6.64. The van der Waals surface area contributed by atoms with Crippen molar-refractivity contribution in [2.45, 2.75) is 13.5 Å². The molecule has 0 aliphatic carbocycles. The summed E-state index contributed by atoms with van der Waals surface area (Å²) in [7, 11) is 4.07. The van der Waals surface area contributed by atoms with Gasteiger partial charge in [0.05, 0.1) is 11.2 Å². The molecule has 0 aliphatic rings. The monoisotopic (exact) mass is 215 g/mol. The van der Waals surface area contributed by atoms with Crippen LogP contribution in [0.4, 0.5) is 5.69 Å². The van der Waals surface area contributed by atoms with Gasteiger partial charge in [0, 0.05) is 31.7 Å². The lowest BCUT2D eigenvalue weighted by Gasteiger charge is -2.13. The number of pyridine rings is 1. The second-order valence-corrected chi connectivity index (χ2v) is 4.23. The molecule has 0 unspecified atom stereocenters. The quantitative estimate of drug-likeness (QED) is 0.834. The number of nitrogens with two attached hydrogens (primary N) is 1. The van der Waals surface area contributed by atoms with Crippen LogP contribution in [0, 0.1) is 6.92 Å². The third kappa shape index (κ3) is 1.86. The summed E-state index contributed by atoms with van der Waals surface area (Å²) in [6.07, 6.45) is 0. The van der Waals surface area contributed by atoms with Crippen LogP contribution < -0.4 is 10.6 Å². The molecule has 3 heteroatoms. The van der Waals surface area contributed by atoms with Gasteiger partial charge in [0.15, 0.2) is 0 Å². The Kier molecular flexibility index (Phi) is 2.79. The zero-order valence-corrected chi connectivity index (χ0v) is 9.99. The largest absolute Gasteiger partial charge is 0.378 e. The second kappa shape index (κ2) is 4.10. The molecule has 0 saturated carbocycles. The third-order valence-corrected chi connectivity index (χ3v) is 2.80. The Balaban J connectivity index is 2.62. The Bertz CT molecular complexity index is 518. The summed E-state index contributed by atoms with van der Waals surface area (Å²) in [5.74, 6) is 0. The summed E-state index contributed by atoms with van der Waals surface area (Å²) < 4.78 is 0. The molecule has 1 aromatic carbocycles. The molecular formula is C13H17N3. The van der Waals surface area contributed by atoms with Crippen LogP contribution in [0.3, 0.4) is 0 Å². The Morgan fingerprint density at radius 1 is 1.25 bits per heavy atom. The Morgan fingerprint density at radius 2 is 2.00 bits per heavy atom. The molecule has 3 nitrogen and oxygen atoms in total. The van der Waals surface area contributed by atoms with Crippen molar-refractivity contribution in [2.75, 3.05) is 19.0 Å². The van der Waals surface area contributed by atoms with Crippen molar-refractivity contribution in [3.63, 3.8) is 0 Å². The minimum Gasteiger partial charge on any atom is -0.378 e. The van der Waals surface area contributed by atoms with Gasteiger partial charge in [-0.3, -0.25) is 4.98 Å². The van der Waals surface area contributed by atoms with Gasteiger partial charge in [-0.25, -0.2) is 0 Å². The number of aryl methyl sites for hydroxylation is 1. The first-order chi connectivity index (χ1) is 7.61. The van der Waals surface area contributed by atoms with Gasteiger partial charge < -0.3 is 10.6 Å². The Labute approximate surface area is 95.9 Å². The van der Waals surface area contributed by atoms with Gasteiger partial charge in [0.1, 0.15) is 0 Å². The summed E-state index contributed by atoms with van der Waals surface area (Å²) in [6, 6.07) is 8.42. The summed E-state index contributed by atoms with van der Waals surface area (Å²) in [5, 5.41) is 1.17. The summed E-state index contributed by atoms with van der Waals surface area (Å²) >= 11 is 0. The number of anilines is 1. The fraction of sp³-hybridized carbons (Fsp3) is 0.308. The van der Waals surface area contributed by atoms with E-state index >= 15 is 0 Å². The van der Waals surface area contributed by atoms with Gasteiger partial charge in [-0.1, -0.05) is 0 Å². The molecule has 0 saturated heterocycles. The van der Waals surface area contributed by atoms with Crippen molar-refractivity contribution in [3.8, 4) is 0 Å². The Morgan fingerprint density at radius 3 is 2.62 bits per heavy atom. The zero-order valence-electron chi connectivity index (χ0n) is 9.99. The van der Waals surface area contributed by atoms with E-state index in [1.54, 1.807) is 0 Å². The van der Waals surface area contributed by atoms with Crippen LogP contribution >= 0.6 is 0 Å². The number of nitrogens with zero attached hydrogens (tertiary/aromatic N) is 2. The van der Waals surface area contributed by atoms with Gasteiger partial charge >= 0.3 is 0 Å². The van der Waals surface area contributed by atoms with E-state index in [-0.39, 0.29) is 0 Å². The van der Waals surface area contributed by atoms with Crippen molar-refractivity contribution < 1.29 is 0 Å². The Hall–Kier alpha value is -1.61. The van der Waals surface area contributed by atoms with Crippen LogP contribution in [0.5, 0.6) is 0 Å². The van der Waals surface area contributed by atoms with Gasteiger partial charge in [-0.15, -0.1) is 0 Å². The molecule has 0 fully saturated rings. The fourth-order valence-electron chi connectivity index (χ4n) is 1.79. The van der Waals surface area contributed by atoms with E-state index in [0.717, 1.165) is 16.8 Å². The minimum atomic E-state index is 0.497. The standard InChI is InChI=1S/C13H17N3/c1-9-6-10-7-11(16(2)3)4-5-12(10)15-13(9)8-14/h4-7H,8,14H2,1-3H3. The van der Waals surface area contributed by atoms with E-state index in [0.29, 0.717) is 6.54 Å². The molecule has 16 heavy (non-hydrogen) atoms. The molecule has 0 spiro atoms. The van der Waals surface area contributed by atoms with Crippen molar-refractivity contribution in [2.24, 2.45) is 5.73 Å². The molecule has 2 N–H and O–H groups in total.